The molecule has 1 aliphatic heterocycles. The van der Waals surface area contributed by atoms with Crippen LogP contribution in [0.3, 0.4) is 0 Å². The molecule has 2 unspecified atom stereocenters. The summed E-state index contributed by atoms with van der Waals surface area (Å²) in [7, 11) is 0. The van der Waals surface area contributed by atoms with Crippen LogP contribution in [0, 0.1) is 0 Å². The lowest BCUT2D eigenvalue weighted by Gasteiger charge is -2.20. The number of nitrogens with one attached hydrogen (secondary N) is 2. The molecule has 0 spiro atoms. The van der Waals surface area contributed by atoms with E-state index in [4.69, 9.17) is 4.98 Å². The maximum absolute atomic E-state index is 13.0. The Morgan fingerprint density at radius 2 is 2.04 bits per heavy atom. The van der Waals surface area contributed by atoms with Crippen LogP contribution in [-0.4, -0.2) is 41.6 Å². The molecule has 27 heavy (non-hydrogen) atoms. The molecule has 1 amide bonds. The Balaban J connectivity index is 1.64. The second-order valence-electron chi connectivity index (χ2n) is 7.12. The molecule has 1 aromatic carbocycles. The van der Waals surface area contributed by atoms with Gasteiger partial charge in [0.15, 0.2) is 0 Å². The summed E-state index contributed by atoms with van der Waals surface area (Å²) in [5.74, 6) is -0.0220. The normalized spacial score (nSPS) is 19.3. The van der Waals surface area contributed by atoms with Crippen LogP contribution < -0.4 is 10.2 Å². The van der Waals surface area contributed by atoms with E-state index in [2.05, 4.69) is 17.2 Å². The fraction of sp³-hybridized carbons (Fsp3) is 0.318. The predicted octanol–water partition coefficient (Wildman–Crippen LogP) is 2.09. The number of pyridine rings is 2. The molecule has 1 aliphatic rings. The van der Waals surface area contributed by atoms with Crippen LogP contribution in [0.4, 0.5) is 0 Å². The van der Waals surface area contributed by atoms with Gasteiger partial charge in [0.2, 0.25) is 0 Å². The van der Waals surface area contributed by atoms with E-state index in [-0.39, 0.29) is 5.91 Å². The van der Waals surface area contributed by atoms with Crippen molar-refractivity contribution >= 4 is 16.8 Å². The number of rotatable bonds is 5. The Bertz CT molecular complexity index is 941. The summed E-state index contributed by atoms with van der Waals surface area (Å²) >= 11 is 0. The first-order chi connectivity index (χ1) is 13.3. The molecule has 4 rings (SSSR count). The first-order valence-corrected chi connectivity index (χ1v) is 9.69. The number of aromatic nitrogens is 2. The summed E-state index contributed by atoms with van der Waals surface area (Å²) in [6.07, 6.45) is 5.92. The van der Waals surface area contributed by atoms with Gasteiger partial charge in [0.05, 0.1) is 36.4 Å². The fourth-order valence-corrected chi connectivity index (χ4v) is 4.04. The van der Waals surface area contributed by atoms with Crippen LogP contribution >= 0.6 is 0 Å². The summed E-state index contributed by atoms with van der Waals surface area (Å²) < 4.78 is 0. The number of hydrogen-bond acceptors (Lipinski definition) is 3. The van der Waals surface area contributed by atoms with Crippen LogP contribution in [0.5, 0.6) is 0 Å². The molecule has 2 N–H and O–H groups in total. The Morgan fingerprint density at radius 1 is 1.22 bits per heavy atom. The topological polar surface area (TPSA) is 59.3 Å². The van der Waals surface area contributed by atoms with E-state index in [1.165, 1.54) is 19.4 Å². The van der Waals surface area contributed by atoms with Gasteiger partial charge >= 0.3 is 0 Å². The molecule has 5 heteroatoms. The Morgan fingerprint density at radius 3 is 2.85 bits per heavy atom. The van der Waals surface area contributed by atoms with E-state index in [0.717, 1.165) is 35.2 Å². The van der Waals surface area contributed by atoms with Gasteiger partial charge in [-0.3, -0.25) is 9.78 Å². The molecule has 138 valence electrons. The highest BCUT2D eigenvalue weighted by Gasteiger charge is 2.27. The maximum atomic E-state index is 13.0. The summed E-state index contributed by atoms with van der Waals surface area (Å²) in [6, 6.07) is 14.1. The quantitative estimate of drug-likeness (QED) is 0.732. The van der Waals surface area contributed by atoms with Crippen LogP contribution in [0.25, 0.3) is 22.2 Å². The summed E-state index contributed by atoms with van der Waals surface area (Å²) in [4.78, 5) is 23.4. The number of benzene rings is 1. The van der Waals surface area contributed by atoms with Crippen molar-refractivity contribution in [2.24, 2.45) is 0 Å². The second kappa shape index (κ2) is 7.84. The van der Waals surface area contributed by atoms with Crippen molar-refractivity contribution < 1.29 is 9.69 Å². The highest BCUT2D eigenvalue weighted by Crippen LogP contribution is 2.24. The molecule has 5 nitrogen and oxygen atoms in total. The average Bonchev–Trinajstić information content (AvgIpc) is 3.19. The molecule has 1 fully saturated rings. The van der Waals surface area contributed by atoms with Crippen molar-refractivity contribution in [1.29, 1.82) is 0 Å². The first-order valence-electron chi connectivity index (χ1n) is 9.69. The molecule has 0 saturated carbocycles. The molecule has 0 aliphatic carbocycles. The third-order valence-corrected chi connectivity index (χ3v) is 5.53. The molecule has 2 atom stereocenters. The number of nitrogens with zero attached hydrogens (tertiary/aromatic N) is 2. The van der Waals surface area contributed by atoms with E-state index < -0.39 is 0 Å². The number of amides is 1. The van der Waals surface area contributed by atoms with Gasteiger partial charge in [0.25, 0.3) is 5.91 Å². The fourth-order valence-electron chi connectivity index (χ4n) is 4.04. The lowest BCUT2D eigenvalue weighted by atomic mass is 10.0. The zero-order valence-corrected chi connectivity index (χ0v) is 15.6. The van der Waals surface area contributed by atoms with Crippen LogP contribution in [0.2, 0.25) is 0 Å². The zero-order valence-electron chi connectivity index (χ0n) is 15.6. The molecular weight excluding hydrogens is 336 g/mol. The molecule has 2 aromatic heterocycles. The average molecular weight is 361 g/mol. The van der Waals surface area contributed by atoms with Crippen molar-refractivity contribution in [3.8, 4) is 11.3 Å². The number of para-hydroxylation sites is 1. The second-order valence-corrected chi connectivity index (χ2v) is 7.12. The smallest absolute Gasteiger partial charge is 0.252 e. The number of carbonyl (C=O) groups excluding carboxylic acids is 1. The van der Waals surface area contributed by atoms with Crippen molar-refractivity contribution in [2.75, 3.05) is 19.6 Å². The summed E-state index contributed by atoms with van der Waals surface area (Å²) in [6.45, 7) is 5.27. The third kappa shape index (κ3) is 3.69. The van der Waals surface area contributed by atoms with E-state index in [9.17, 15) is 4.79 Å². The number of quaternary nitrogens is 1. The summed E-state index contributed by atoms with van der Waals surface area (Å²) in [5, 5.41) is 4.06. The minimum Gasteiger partial charge on any atom is -0.346 e. The molecule has 3 heterocycles. The molecule has 3 aromatic rings. The SMILES string of the molecule is CC[NH+]1CCCC1CNC(=O)c1cc(-c2ccncc2)nc2ccccc12. The van der Waals surface area contributed by atoms with Gasteiger partial charge in [-0.05, 0) is 31.2 Å². The van der Waals surface area contributed by atoms with Crippen LogP contribution in [0.1, 0.15) is 30.1 Å². The van der Waals surface area contributed by atoms with Crippen molar-refractivity contribution in [2.45, 2.75) is 25.8 Å². The monoisotopic (exact) mass is 361 g/mol. The third-order valence-electron chi connectivity index (χ3n) is 5.53. The van der Waals surface area contributed by atoms with Gasteiger partial charge in [-0.1, -0.05) is 18.2 Å². The van der Waals surface area contributed by atoms with Gasteiger partial charge in [-0.15, -0.1) is 0 Å². The number of likely N-dealkylation sites (N-methyl/N-ethyl adjacent to an activating group) is 1. The van der Waals surface area contributed by atoms with Gasteiger partial charge in [-0.2, -0.15) is 0 Å². The number of likely N-dealkylation sites (tertiary alicyclic amines) is 1. The Hall–Kier alpha value is -2.79. The highest BCUT2D eigenvalue weighted by atomic mass is 16.1. The van der Waals surface area contributed by atoms with Gasteiger partial charge < -0.3 is 10.2 Å². The largest absolute Gasteiger partial charge is 0.346 e. The lowest BCUT2D eigenvalue weighted by molar-refractivity contribution is -0.909. The maximum Gasteiger partial charge on any atom is 0.252 e. The highest BCUT2D eigenvalue weighted by molar-refractivity contribution is 6.07. The Labute approximate surface area is 159 Å². The van der Waals surface area contributed by atoms with E-state index >= 15 is 0 Å². The van der Waals surface area contributed by atoms with Gasteiger partial charge in [-0.25, -0.2) is 4.98 Å². The molecular formula is C22H25N4O+. The number of fused-ring (bicyclic) bond motifs is 1. The number of carbonyl (C=O) groups is 1. The molecule has 1 saturated heterocycles. The molecule has 0 radical (unpaired) electrons. The predicted molar refractivity (Wildman–Crippen MR) is 107 cm³/mol. The van der Waals surface area contributed by atoms with E-state index in [0.29, 0.717) is 11.6 Å². The van der Waals surface area contributed by atoms with Crippen LogP contribution in [-0.2, 0) is 0 Å². The van der Waals surface area contributed by atoms with E-state index in [1.54, 1.807) is 17.3 Å². The first kappa shape index (κ1) is 17.6. The Kier molecular flexibility index (Phi) is 5.12. The lowest BCUT2D eigenvalue weighted by Crippen LogP contribution is -3.14. The van der Waals surface area contributed by atoms with Gasteiger partial charge in [0, 0.05) is 36.2 Å². The minimum absolute atomic E-state index is 0.0220. The van der Waals surface area contributed by atoms with Crippen molar-refractivity contribution in [1.82, 2.24) is 15.3 Å². The zero-order chi connectivity index (χ0) is 18.6. The van der Waals surface area contributed by atoms with E-state index in [1.807, 2.05) is 42.5 Å². The van der Waals surface area contributed by atoms with Crippen molar-refractivity contribution in [3.05, 3.63) is 60.4 Å². The molecule has 0 bridgehead atoms. The standard InChI is InChI=1S/C22H24N4O/c1-2-26-13-5-6-17(26)15-24-22(27)19-14-21(16-9-11-23-12-10-16)25-20-8-4-3-7-18(19)20/h3-4,7-12,14,17H,2,5-6,13,15H2,1H3,(H,24,27)/p+1. The number of hydrogen-bond donors (Lipinski definition) is 2. The van der Waals surface area contributed by atoms with Crippen molar-refractivity contribution in [3.63, 3.8) is 0 Å². The van der Waals surface area contributed by atoms with Gasteiger partial charge in [0.1, 0.15) is 6.04 Å². The summed E-state index contributed by atoms with van der Waals surface area (Å²) in [5.41, 5.74) is 3.27. The van der Waals surface area contributed by atoms with Crippen LogP contribution in [0.15, 0.2) is 54.9 Å². The minimum atomic E-state index is -0.0220.